The van der Waals surface area contributed by atoms with Crippen LogP contribution in [0.2, 0.25) is 0 Å². The van der Waals surface area contributed by atoms with E-state index in [1.807, 2.05) is 19.1 Å². The third-order valence-corrected chi connectivity index (χ3v) is 3.72. The average Bonchev–Trinajstić information content (AvgIpc) is 2.58. The number of anilines is 1. The number of hydrogen-bond donors (Lipinski definition) is 1. The predicted octanol–water partition coefficient (Wildman–Crippen LogP) is 3.73. The maximum absolute atomic E-state index is 12.7. The number of nitrogens with zero attached hydrogens (tertiary/aromatic N) is 2. The number of halogens is 3. The number of aromatic nitrogens is 1. The highest BCUT2D eigenvalue weighted by atomic mass is 19.4. The summed E-state index contributed by atoms with van der Waals surface area (Å²) in [7, 11) is 1.63. The molecule has 0 saturated heterocycles. The molecular formula is C17H18F3N3O. The Morgan fingerprint density at radius 3 is 2.62 bits per heavy atom. The van der Waals surface area contributed by atoms with Crippen molar-refractivity contribution in [3.8, 4) is 0 Å². The Labute approximate surface area is 138 Å². The van der Waals surface area contributed by atoms with Crippen molar-refractivity contribution in [3.63, 3.8) is 0 Å². The molecule has 1 aromatic heterocycles. The number of hydrogen-bond acceptors (Lipinski definition) is 3. The molecule has 0 saturated carbocycles. The Balaban J connectivity index is 1.98. The lowest BCUT2D eigenvalue weighted by Crippen LogP contribution is -2.34. The number of carbonyl (C=O) groups excluding carboxylic acids is 1. The Morgan fingerprint density at radius 1 is 1.25 bits per heavy atom. The normalized spacial score (nSPS) is 12.5. The maximum Gasteiger partial charge on any atom is 0.416 e. The molecule has 0 unspecified atom stereocenters. The first kappa shape index (κ1) is 17.8. The Morgan fingerprint density at radius 2 is 2.00 bits per heavy atom. The number of pyridine rings is 1. The molecule has 1 heterocycles. The molecule has 0 aliphatic heterocycles. The second-order valence-corrected chi connectivity index (χ2v) is 5.37. The summed E-state index contributed by atoms with van der Waals surface area (Å²) in [6.07, 6.45) is -2.77. The van der Waals surface area contributed by atoms with E-state index in [9.17, 15) is 18.0 Å². The SMILES string of the molecule is C[C@H](c1ccccn1)N(C)C(=O)CNc1cccc(C(F)(F)F)c1. The first-order valence-corrected chi connectivity index (χ1v) is 7.37. The number of alkyl halides is 3. The average molecular weight is 337 g/mol. The van der Waals surface area contributed by atoms with E-state index in [2.05, 4.69) is 10.3 Å². The zero-order valence-electron chi connectivity index (χ0n) is 13.3. The van der Waals surface area contributed by atoms with Gasteiger partial charge >= 0.3 is 6.18 Å². The lowest BCUT2D eigenvalue weighted by molar-refractivity contribution is -0.137. The van der Waals surface area contributed by atoms with E-state index >= 15 is 0 Å². The van der Waals surface area contributed by atoms with Gasteiger partial charge in [-0.3, -0.25) is 9.78 Å². The summed E-state index contributed by atoms with van der Waals surface area (Å²) in [5.41, 5.74) is 0.236. The fourth-order valence-corrected chi connectivity index (χ4v) is 2.15. The summed E-state index contributed by atoms with van der Waals surface area (Å²) < 4.78 is 38.0. The van der Waals surface area contributed by atoms with E-state index in [1.54, 1.807) is 19.3 Å². The van der Waals surface area contributed by atoms with Gasteiger partial charge in [0.2, 0.25) is 5.91 Å². The Bertz CT molecular complexity index is 689. The third kappa shape index (κ3) is 4.47. The van der Waals surface area contributed by atoms with Gasteiger partial charge in [0.05, 0.1) is 23.8 Å². The molecule has 0 spiro atoms. The second-order valence-electron chi connectivity index (χ2n) is 5.37. The minimum Gasteiger partial charge on any atom is -0.376 e. The molecule has 0 bridgehead atoms. The highest BCUT2D eigenvalue weighted by molar-refractivity contribution is 5.81. The molecule has 0 aliphatic carbocycles. The van der Waals surface area contributed by atoms with Gasteiger partial charge in [0, 0.05) is 18.9 Å². The molecule has 1 atom stereocenters. The number of amides is 1. The van der Waals surface area contributed by atoms with Gasteiger partial charge in [0.15, 0.2) is 0 Å². The van der Waals surface area contributed by atoms with Gasteiger partial charge < -0.3 is 10.2 Å². The Kier molecular flexibility index (Phi) is 5.43. The van der Waals surface area contributed by atoms with E-state index in [-0.39, 0.29) is 24.2 Å². The minimum atomic E-state index is -4.41. The maximum atomic E-state index is 12.7. The van der Waals surface area contributed by atoms with Crippen LogP contribution in [0, 0.1) is 0 Å². The van der Waals surface area contributed by atoms with Crippen LogP contribution in [0.4, 0.5) is 18.9 Å². The molecule has 2 rings (SSSR count). The van der Waals surface area contributed by atoms with Crippen LogP contribution in [0.25, 0.3) is 0 Å². The van der Waals surface area contributed by atoms with E-state index in [0.29, 0.717) is 0 Å². The van der Waals surface area contributed by atoms with Gasteiger partial charge in [0.1, 0.15) is 0 Å². The largest absolute Gasteiger partial charge is 0.416 e. The van der Waals surface area contributed by atoms with Crippen LogP contribution in [-0.2, 0) is 11.0 Å². The molecule has 24 heavy (non-hydrogen) atoms. The van der Waals surface area contributed by atoms with Crippen LogP contribution in [0.3, 0.4) is 0 Å². The zero-order valence-corrected chi connectivity index (χ0v) is 13.3. The quantitative estimate of drug-likeness (QED) is 0.904. The molecule has 1 aromatic carbocycles. The summed E-state index contributed by atoms with van der Waals surface area (Å²) >= 11 is 0. The number of nitrogens with one attached hydrogen (secondary N) is 1. The number of rotatable bonds is 5. The summed E-state index contributed by atoms with van der Waals surface area (Å²) in [5, 5.41) is 2.73. The van der Waals surface area contributed by atoms with Crippen molar-refractivity contribution < 1.29 is 18.0 Å². The molecule has 0 fully saturated rings. The Hall–Kier alpha value is -2.57. The van der Waals surface area contributed by atoms with Gasteiger partial charge in [-0.15, -0.1) is 0 Å². The molecule has 2 aromatic rings. The van der Waals surface area contributed by atoms with Crippen LogP contribution >= 0.6 is 0 Å². The van der Waals surface area contributed by atoms with Crippen LogP contribution in [0.1, 0.15) is 24.2 Å². The molecule has 1 N–H and O–H groups in total. The van der Waals surface area contributed by atoms with E-state index < -0.39 is 11.7 Å². The molecule has 0 aliphatic rings. The molecular weight excluding hydrogens is 319 g/mol. The standard InChI is InChI=1S/C17H18F3N3O/c1-12(15-8-3-4-9-21-15)23(2)16(24)11-22-14-7-5-6-13(10-14)17(18,19)20/h3-10,12,22H,11H2,1-2H3/t12-/m1/s1. The fourth-order valence-electron chi connectivity index (χ4n) is 2.15. The second kappa shape index (κ2) is 7.33. The highest BCUT2D eigenvalue weighted by Crippen LogP contribution is 2.30. The van der Waals surface area contributed by atoms with Crippen LogP contribution in [0.15, 0.2) is 48.7 Å². The highest BCUT2D eigenvalue weighted by Gasteiger charge is 2.30. The number of likely N-dealkylation sites (N-methyl/N-ethyl adjacent to an activating group) is 1. The van der Waals surface area contributed by atoms with Gasteiger partial charge in [-0.25, -0.2) is 0 Å². The third-order valence-electron chi connectivity index (χ3n) is 3.72. The summed E-state index contributed by atoms with van der Waals surface area (Å²) in [6.45, 7) is 1.74. The summed E-state index contributed by atoms with van der Waals surface area (Å²) in [5.74, 6) is -0.245. The molecule has 0 radical (unpaired) electrons. The minimum absolute atomic E-state index is 0.102. The van der Waals surface area contributed by atoms with Crippen molar-refractivity contribution in [3.05, 3.63) is 59.9 Å². The topological polar surface area (TPSA) is 45.2 Å². The van der Waals surface area contributed by atoms with Crippen molar-refractivity contribution in [1.29, 1.82) is 0 Å². The van der Waals surface area contributed by atoms with Crippen molar-refractivity contribution in [2.45, 2.75) is 19.1 Å². The van der Waals surface area contributed by atoms with E-state index in [1.165, 1.54) is 17.0 Å². The number of carbonyl (C=O) groups is 1. The number of benzene rings is 1. The van der Waals surface area contributed by atoms with Crippen molar-refractivity contribution in [1.82, 2.24) is 9.88 Å². The summed E-state index contributed by atoms with van der Waals surface area (Å²) in [6, 6.07) is 9.96. The van der Waals surface area contributed by atoms with Crippen LogP contribution in [0.5, 0.6) is 0 Å². The van der Waals surface area contributed by atoms with Crippen molar-refractivity contribution in [2.75, 3.05) is 18.9 Å². The van der Waals surface area contributed by atoms with E-state index in [0.717, 1.165) is 17.8 Å². The van der Waals surface area contributed by atoms with Gasteiger partial charge in [-0.2, -0.15) is 13.2 Å². The lowest BCUT2D eigenvalue weighted by Gasteiger charge is -2.25. The fraction of sp³-hybridized carbons (Fsp3) is 0.294. The molecule has 7 heteroatoms. The molecule has 128 valence electrons. The smallest absolute Gasteiger partial charge is 0.376 e. The van der Waals surface area contributed by atoms with Crippen LogP contribution < -0.4 is 5.32 Å². The molecule has 4 nitrogen and oxygen atoms in total. The van der Waals surface area contributed by atoms with Gasteiger partial charge in [0.25, 0.3) is 0 Å². The van der Waals surface area contributed by atoms with Crippen molar-refractivity contribution >= 4 is 11.6 Å². The summed E-state index contributed by atoms with van der Waals surface area (Å²) in [4.78, 5) is 17.9. The molecule has 1 amide bonds. The first-order valence-electron chi connectivity index (χ1n) is 7.37. The monoisotopic (exact) mass is 337 g/mol. The predicted molar refractivity (Wildman–Crippen MR) is 85.4 cm³/mol. The first-order chi connectivity index (χ1) is 11.3. The van der Waals surface area contributed by atoms with E-state index in [4.69, 9.17) is 0 Å². The zero-order chi connectivity index (χ0) is 17.7. The van der Waals surface area contributed by atoms with Gasteiger partial charge in [-0.1, -0.05) is 12.1 Å². The van der Waals surface area contributed by atoms with Crippen LogP contribution in [-0.4, -0.2) is 29.4 Å². The van der Waals surface area contributed by atoms with Gasteiger partial charge in [-0.05, 0) is 37.3 Å². The van der Waals surface area contributed by atoms with Crippen molar-refractivity contribution in [2.24, 2.45) is 0 Å². The lowest BCUT2D eigenvalue weighted by atomic mass is 10.2.